The Kier molecular flexibility index (Phi) is 4.78. The van der Waals surface area contributed by atoms with Crippen molar-refractivity contribution in [1.82, 2.24) is 10.9 Å². The molecule has 0 aliphatic heterocycles. The molecule has 2 amide bonds. The molecule has 1 aromatic carbocycles. The number of hydrogen-bond donors (Lipinski definition) is 2. The summed E-state index contributed by atoms with van der Waals surface area (Å²) in [6.07, 6.45) is 0. The van der Waals surface area contributed by atoms with Gasteiger partial charge in [-0.1, -0.05) is 32.4 Å². The number of nitrogens with one attached hydrogen (secondary N) is 2. The van der Waals surface area contributed by atoms with Crippen LogP contribution in [0.15, 0.2) is 18.2 Å². The van der Waals surface area contributed by atoms with E-state index >= 15 is 0 Å². The Hall–Kier alpha value is -1.75. The second-order valence-corrected chi connectivity index (χ2v) is 5.44. The number of benzene rings is 1. The average molecular weight is 285 g/mol. The van der Waals surface area contributed by atoms with Crippen molar-refractivity contribution in [1.29, 1.82) is 0 Å². The molecule has 19 heavy (non-hydrogen) atoms. The summed E-state index contributed by atoms with van der Waals surface area (Å²) in [7, 11) is 1.44. The highest BCUT2D eigenvalue weighted by molar-refractivity contribution is 6.30. The van der Waals surface area contributed by atoms with Gasteiger partial charge < -0.3 is 4.74 Å². The van der Waals surface area contributed by atoms with Crippen LogP contribution in [-0.4, -0.2) is 18.9 Å². The van der Waals surface area contributed by atoms with Crippen LogP contribution in [0.25, 0.3) is 0 Å². The maximum absolute atomic E-state index is 11.9. The van der Waals surface area contributed by atoms with Gasteiger partial charge in [-0.15, -0.1) is 0 Å². The first kappa shape index (κ1) is 15.3. The number of carbonyl (C=O) groups excluding carboxylic acids is 2. The first-order valence-electron chi connectivity index (χ1n) is 5.70. The summed E-state index contributed by atoms with van der Waals surface area (Å²) in [5.74, 6) is -0.407. The van der Waals surface area contributed by atoms with Gasteiger partial charge in [0.25, 0.3) is 5.91 Å². The van der Waals surface area contributed by atoms with Crippen LogP contribution < -0.4 is 15.6 Å². The van der Waals surface area contributed by atoms with Gasteiger partial charge in [-0.2, -0.15) is 0 Å². The summed E-state index contributed by atoms with van der Waals surface area (Å²) in [4.78, 5) is 23.5. The van der Waals surface area contributed by atoms with E-state index in [1.165, 1.54) is 19.2 Å². The molecule has 0 unspecified atom stereocenters. The highest BCUT2D eigenvalue weighted by atomic mass is 35.5. The second-order valence-electron chi connectivity index (χ2n) is 5.00. The maximum atomic E-state index is 11.9. The average Bonchev–Trinajstić information content (AvgIpc) is 2.33. The fraction of sp³-hybridized carbons (Fsp3) is 0.385. The number of methoxy groups -OCH3 is 1. The lowest BCUT2D eigenvalue weighted by molar-refractivity contribution is -0.129. The quantitative estimate of drug-likeness (QED) is 0.818. The third kappa shape index (κ3) is 4.13. The third-order valence-electron chi connectivity index (χ3n) is 2.38. The van der Waals surface area contributed by atoms with Crippen molar-refractivity contribution >= 4 is 23.4 Å². The lowest BCUT2D eigenvalue weighted by Gasteiger charge is -2.18. The van der Waals surface area contributed by atoms with Gasteiger partial charge >= 0.3 is 0 Å². The zero-order chi connectivity index (χ0) is 14.6. The minimum atomic E-state index is -0.586. The van der Waals surface area contributed by atoms with Crippen LogP contribution in [0.2, 0.25) is 5.02 Å². The molecule has 0 aromatic heterocycles. The van der Waals surface area contributed by atoms with E-state index in [0.29, 0.717) is 16.3 Å². The number of amides is 2. The number of halogens is 1. The van der Waals surface area contributed by atoms with Crippen molar-refractivity contribution in [3.8, 4) is 5.75 Å². The fourth-order valence-corrected chi connectivity index (χ4v) is 1.38. The summed E-state index contributed by atoms with van der Waals surface area (Å²) in [5.41, 5.74) is 4.40. The van der Waals surface area contributed by atoms with Crippen molar-refractivity contribution in [2.75, 3.05) is 7.11 Å². The van der Waals surface area contributed by atoms with Gasteiger partial charge in [0.15, 0.2) is 0 Å². The Morgan fingerprint density at radius 3 is 2.37 bits per heavy atom. The molecule has 0 fully saturated rings. The van der Waals surface area contributed by atoms with Gasteiger partial charge in [0.05, 0.1) is 12.7 Å². The molecule has 0 bridgehead atoms. The lowest BCUT2D eigenvalue weighted by Crippen LogP contribution is -2.46. The second kappa shape index (κ2) is 5.93. The molecule has 104 valence electrons. The van der Waals surface area contributed by atoms with E-state index in [4.69, 9.17) is 16.3 Å². The van der Waals surface area contributed by atoms with Crippen LogP contribution in [0.3, 0.4) is 0 Å². The standard InChI is InChI=1S/C13H17ClN2O3/c1-13(2,3)12(18)16-15-11(17)9-6-5-8(14)7-10(9)19-4/h5-7H,1-4H3,(H,15,17)(H,16,18). The van der Waals surface area contributed by atoms with Crippen molar-refractivity contribution in [3.63, 3.8) is 0 Å². The molecule has 0 saturated carbocycles. The predicted molar refractivity (Wildman–Crippen MR) is 73.1 cm³/mol. The van der Waals surface area contributed by atoms with E-state index in [1.54, 1.807) is 26.8 Å². The number of hydrogen-bond acceptors (Lipinski definition) is 3. The van der Waals surface area contributed by atoms with Gasteiger partial charge in [0, 0.05) is 10.4 Å². The van der Waals surface area contributed by atoms with Gasteiger partial charge in [-0.3, -0.25) is 20.4 Å². The van der Waals surface area contributed by atoms with E-state index in [-0.39, 0.29) is 5.91 Å². The molecule has 5 nitrogen and oxygen atoms in total. The van der Waals surface area contributed by atoms with Crippen LogP contribution in [-0.2, 0) is 4.79 Å². The number of rotatable bonds is 2. The Morgan fingerprint density at radius 1 is 1.21 bits per heavy atom. The lowest BCUT2D eigenvalue weighted by atomic mass is 9.96. The number of hydrazine groups is 1. The van der Waals surface area contributed by atoms with Crippen LogP contribution in [0, 0.1) is 5.41 Å². The highest BCUT2D eigenvalue weighted by Gasteiger charge is 2.22. The van der Waals surface area contributed by atoms with E-state index in [2.05, 4.69) is 10.9 Å². The van der Waals surface area contributed by atoms with Gasteiger partial charge in [-0.05, 0) is 18.2 Å². The largest absolute Gasteiger partial charge is 0.496 e. The first-order valence-corrected chi connectivity index (χ1v) is 6.08. The molecule has 1 rings (SSSR count). The minimum Gasteiger partial charge on any atom is -0.496 e. The molecular weight excluding hydrogens is 268 g/mol. The first-order chi connectivity index (χ1) is 8.75. The predicted octanol–water partition coefficient (Wildman–Crippen LogP) is 2.16. The van der Waals surface area contributed by atoms with Gasteiger partial charge in [-0.25, -0.2) is 0 Å². The molecule has 0 aliphatic carbocycles. The molecule has 2 N–H and O–H groups in total. The number of ether oxygens (including phenoxy) is 1. The Morgan fingerprint density at radius 2 is 1.84 bits per heavy atom. The van der Waals surface area contributed by atoms with Crippen molar-refractivity contribution in [3.05, 3.63) is 28.8 Å². The van der Waals surface area contributed by atoms with Gasteiger partial charge in [0.1, 0.15) is 5.75 Å². The highest BCUT2D eigenvalue weighted by Crippen LogP contribution is 2.22. The zero-order valence-corrected chi connectivity index (χ0v) is 12.1. The fourth-order valence-electron chi connectivity index (χ4n) is 1.22. The third-order valence-corrected chi connectivity index (χ3v) is 2.61. The smallest absolute Gasteiger partial charge is 0.273 e. The SMILES string of the molecule is COc1cc(Cl)ccc1C(=O)NNC(=O)C(C)(C)C. The molecule has 0 aliphatic rings. The van der Waals surface area contributed by atoms with E-state index in [0.717, 1.165) is 0 Å². The van der Waals surface area contributed by atoms with Crippen LogP contribution in [0.1, 0.15) is 31.1 Å². The Bertz CT molecular complexity index is 495. The summed E-state index contributed by atoms with van der Waals surface area (Å²) < 4.78 is 5.06. The zero-order valence-electron chi connectivity index (χ0n) is 11.3. The van der Waals surface area contributed by atoms with E-state index < -0.39 is 11.3 Å². The van der Waals surface area contributed by atoms with Crippen molar-refractivity contribution < 1.29 is 14.3 Å². The van der Waals surface area contributed by atoms with Crippen molar-refractivity contribution in [2.45, 2.75) is 20.8 Å². The summed E-state index contributed by atoms with van der Waals surface area (Å²) in [5, 5.41) is 0.465. The topological polar surface area (TPSA) is 67.4 Å². The van der Waals surface area contributed by atoms with Gasteiger partial charge in [0.2, 0.25) is 5.91 Å². The normalized spacial score (nSPS) is 10.8. The molecule has 0 radical (unpaired) electrons. The Labute approximate surface area is 117 Å². The van der Waals surface area contributed by atoms with Crippen LogP contribution in [0.4, 0.5) is 0 Å². The summed E-state index contributed by atoms with van der Waals surface area (Å²) in [6, 6.07) is 4.63. The molecule has 6 heteroatoms. The molecule has 0 atom stereocenters. The van der Waals surface area contributed by atoms with Crippen LogP contribution >= 0.6 is 11.6 Å². The van der Waals surface area contributed by atoms with Crippen molar-refractivity contribution in [2.24, 2.45) is 5.41 Å². The monoisotopic (exact) mass is 284 g/mol. The Balaban J connectivity index is 2.77. The number of carbonyl (C=O) groups is 2. The molecule has 0 heterocycles. The molecular formula is C13H17ClN2O3. The minimum absolute atomic E-state index is 0.284. The summed E-state index contributed by atoms with van der Waals surface area (Å²) >= 11 is 5.81. The van der Waals surface area contributed by atoms with E-state index in [1.807, 2.05) is 0 Å². The van der Waals surface area contributed by atoms with E-state index in [9.17, 15) is 9.59 Å². The molecule has 1 aromatic rings. The molecule has 0 spiro atoms. The molecule has 0 saturated heterocycles. The van der Waals surface area contributed by atoms with Crippen LogP contribution in [0.5, 0.6) is 5.75 Å². The summed E-state index contributed by atoms with van der Waals surface area (Å²) in [6.45, 7) is 5.24. The maximum Gasteiger partial charge on any atom is 0.273 e.